The van der Waals surface area contributed by atoms with E-state index in [1.165, 1.54) is 6.42 Å². The quantitative estimate of drug-likeness (QED) is 0.906. The lowest BCUT2D eigenvalue weighted by atomic mass is 10.1. The standard InChI is InChI=1S/C16H23ClN2O/c1-12(2)19(11-14-7-5-9-18-14)16(20)10-13-6-3-4-8-15(13)17/h3-4,6,8,12,14,18H,5,7,9-11H2,1-2H3. The van der Waals surface area contributed by atoms with Crippen molar-refractivity contribution in [2.45, 2.75) is 45.2 Å². The highest BCUT2D eigenvalue weighted by atomic mass is 35.5. The van der Waals surface area contributed by atoms with Crippen LogP contribution in [0, 0.1) is 0 Å². The van der Waals surface area contributed by atoms with Gasteiger partial charge in [-0.05, 0) is 44.9 Å². The molecule has 0 radical (unpaired) electrons. The molecule has 20 heavy (non-hydrogen) atoms. The Bertz CT molecular complexity index is 456. The maximum atomic E-state index is 12.5. The second-order valence-electron chi connectivity index (χ2n) is 5.70. The molecule has 4 heteroatoms. The van der Waals surface area contributed by atoms with Gasteiger partial charge in [0.25, 0.3) is 0 Å². The number of nitrogens with zero attached hydrogens (tertiary/aromatic N) is 1. The Hall–Kier alpha value is -1.06. The van der Waals surface area contributed by atoms with Crippen LogP contribution in [-0.4, -0.2) is 36.0 Å². The molecular formula is C16H23ClN2O. The topological polar surface area (TPSA) is 32.3 Å². The molecule has 1 aromatic carbocycles. The summed E-state index contributed by atoms with van der Waals surface area (Å²) < 4.78 is 0. The van der Waals surface area contributed by atoms with E-state index in [1.54, 1.807) is 0 Å². The molecule has 110 valence electrons. The molecule has 0 saturated carbocycles. The Kier molecular flexibility index (Phi) is 5.44. The first kappa shape index (κ1) is 15.3. The van der Waals surface area contributed by atoms with Gasteiger partial charge in [0, 0.05) is 23.7 Å². The molecule has 1 fully saturated rings. The molecule has 1 aromatic rings. The van der Waals surface area contributed by atoms with Gasteiger partial charge in [-0.2, -0.15) is 0 Å². The molecule has 1 aliphatic rings. The smallest absolute Gasteiger partial charge is 0.227 e. The summed E-state index contributed by atoms with van der Waals surface area (Å²) in [5, 5.41) is 4.12. The number of carbonyl (C=O) groups excluding carboxylic acids is 1. The van der Waals surface area contributed by atoms with Crippen molar-refractivity contribution in [3.8, 4) is 0 Å². The lowest BCUT2D eigenvalue weighted by molar-refractivity contribution is -0.132. The van der Waals surface area contributed by atoms with Crippen LogP contribution in [0.5, 0.6) is 0 Å². The summed E-state index contributed by atoms with van der Waals surface area (Å²) in [6, 6.07) is 8.22. The Morgan fingerprint density at radius 1 is 1.45 bits per heavy atom. The number of carbonyl (C=O) groups is 1. The molecule has 1 atom stereocenters. The monoisotopic (exact) mass is 294 g/mol. The van der Waals surface area contributed by atoms with Gasteiger partial charge in [-0.1, -0.05) is 29.8 Å². The molecule has 1 amide bonds. The predicted octanol–water partition coefficient (Wildman–Crippen LogP) is 2.87. The SMILES string of the molecule is CC(C)N(CC1CCCN1)C(=O)Cc1ccccc1Cl. The average molecular weight is 295 g/mol. The van der Waals surface area contributed by atoms with Gasteiger partial charge in [0.15, 0.2) is 0 Å². The zero-order valence-corrected chi connectivity index (χ0v) is 13.0. The molecule has 1 unspecified atom stereocenters. The van der Waals surface area contributed by atoms with Crippen molar-refractivity contribution in [2.75, 3.05) is 13.1 Å². The minimum absolute atomic E-state index is 0.154. The van der Waals surface area contributed by atoms with Crippen LogP contribution in [0.3, 0.4) is 0 Å². The molecule has 0 spiro atoms. The first-order valence-corrected chi connectivity index (χ1v) is 7.72. The van der Waals surface area contributed by atoms with Gasteiger partial charge >= 0.3 is 0 Å². The van der Waals surface area contributed by atoms with Gasteiger partial charge in [-0.15, -0.1) is 0 Å². The van der Waals surface area contributed by atoms with Gasteiger partial charge in [-0.25, -0.2) is 0 Å². The first-order valence-electron chi connectivity index (χ1n) is 7.34. The van der Waals surface area contributed by atoms with E-state index in [9.17, 15) is 4.79 Å². The molecule has 0 aromatic heterocycles. The Labute approximate surface area is 126 Å². The van der Waals surface area contributed by atoms with Crippen LogP contribution < -0.4 is 5.32 Å². The lowest BCUT2D eigenvalue weighted by Crippen LogP contribution is -2.45. The van der Waals surface area contributed by atoms with Crippen LogP contribution in [0.2, 0.25) is 5.02 Å². The molecule has 1 N–H and O–H groups in total. The van der Waals surface area contributed by atoms with Crippen LogP contribution in [0.25, 0.3) is 0 Å². The van der Waals surface area contributed by atoms with E-state index in [4.69, 9.17) is 11.6 Å². The van der Waals surface area contributed by atoms with E-state index in [2.05, 4.69) is 19.2 Å². The second kappa shape index (κ2) is 7.09. The molecule has 1 heterocycles. The van der Waals surface area contributed by atoms with Crippen LogP contribution in [-0.2, 0) is 11.2 Å². The van der Waals surface area contributed by atoms with Crippen molar-refractivity contribution in [3.05, 3.63) is 34.9 Å². The summed E-state index contributed by atoms with van der Waals surface area (Å²) >= 11 is 6.14. The lowest BCUT2D eigenvalue weighted by Gasteiger charge is -2.29. The van der Waals surface area contributed by atoms with Gasteiger partial charge in [0.05, 0.1) is 6.42 Å². The molecule has 0 bridgehead atoms. The Morgan fingerprint density at radius 3 is 2.80 bits per heavy atom. The van der Waals surface area contributed by atoms with Crippen molar-refractivity contribution in [3.63, 3.8) is 0 Å². The van der Waals surface area contributed by atoms with E-state index >= 15 is 0 Å². The number of amides is 1. The number of nitrogens with one attached hydrogen (secondary N) is 1. The molecule has 0 aliphatic carbocycles. The van der Waals surface area contributed by atoms with E-state index in [0.29, 0.717) is 17.5 Å². The molecule has 2 rings (SSSR count). The predicted molar refractivity (Wildman–Crippen MR) is 83.0 cm³/mol. The number of hydrogen-bond acceptors (Lipinski definition) is 2. The van der Waals surface area contributed by atoms with E-state index < -0.39 is 0 Å². The minimum atomic E-state index is 0.154. The fourth-order valence-electron chi connectivity index (χ4n) is 2.66. The van der Waals surface area contributed by atoms with Crippen molar-refractivity contribution >= 4 is 17.5 Å². The third-order valence-electron chi connectivity index (χ3n) is 3.82. The number of rotatable bonds is 5. The molecule has 1 aliphatic heterocycles. The zero-order valence-electron chi connectivity index (χ0n) is 12.2. The summed E-state index contributed by atoms with van der Waals surface area (Å²) in [5.41, 5.74) is 0.907. The fraction of sp³-hybridized carbons (Fsp3) is 0.562. The third kappa shape index (κ3) is 3.97. The summed E-state index contributed by atoms with van der Waals surface area (Å²) in [6.07, 6.45) is 2.74. The maximum Gasteiger partial charge on any atom is 0.227 e. The minimum Gasteiger partial charge on any atom is -0.338 e. The second-order valence-corrected chi connectivity index (χ2v) is 6.11. The highest BCUT2D eigenvalue weighted by Gasteiger charge is 2.23. The van der Waals surface area contributed by atoms with Crippen LogP contribution in [0.1, 0.15) is 32.3 Å². The normalized spacial score (nSPS) is 18.5. The van der Waals surface area contributed by atoms with E-state index in [0.717, 1.165) is 25.1 Å². The number of halogens is 1. The van der Waals surface area contributed by atoms with E-state index in [1.807, 2.05) is 29.2 Å². The largest absolute Gasteiger partial charge is 0.338 e. The maximum absolute atomic E-state index is 12.5. The van der Waals surface area contributed by atoms with Crippen molar-refractivity contribution in [1.82, 2.24) is 10.2 Å². The van der Waals surface area contributed by atoms with Gasteiger partial charge in [-0.3, -0.25) is 4.79 Å². The summed E-state index contributed by atoms with van der Waals surface area (Å²) in [5.74, 6) is 0.154. The highest BCUT2D eigenvalue weighted by Crippen LogP contribution is 2.17. The molecular weight excluding hydrogens is 272 g/mol. The van der Waals surface area contributed by atoms with Crippen molar-refractivity contribution in [2.24, 2.45) is 0 Å². The Balaban J connectivity index is 2.01. The van der Waals surface area contributed by atoms with Gasteiger partial charge in [0.1, 0.15) is 0 Å². The summed E-state index contributed by atoms with van der Waals surface area (Å²) in [4.78, 5) is 14.5. The fourth-order valence-corrected chi connectivity index (χ4v) is 2.86. The van der Waals surface area contributed by atoms with Crippen LogP contribution >= 0.6 is 11.6 Å². The number of hydrogen-bond donors (Lipinski definition) is 1. The van der Waals surface area contributed by atoms with Gasteiger partial charge < -0.3 is 10.2 Å². The highest BCUT2D eigenvalue weighted by molar-refractivity contribution is 6.31. The van der Waals surface area contributed by atoms with E-state index in [-0.39, 0.29) is 11.9 Å². The first-order chi connectivity index (χ1) is 9.58. The van der Waals surface area contributed by atoms with Crippen LogP contribution in [0.4, 0.5) is 0 Å². The Morgan fingerprint density at radius 2 is 2.20 bits per heavy atom. The summed E-state index contributed by atoms with van der Waals surface area (Å²) in [7, 11) is 0. The number of benzene rings is 1. The van der Waals surface area contributed by atoms with Crippen LogP contribution in [0.15, 0.2) is 24.3 Å². The van der Waals surface area contributed by atoms with Gasteiger partial charge in [0.2, 0.25) is 5.91 Å². The molecule has 1 saturated heterocycles. The van der Waals surface area contributed by atoms with Crippen molar-refractivity contribution in [1.29, 1.82) is 0 Å². The zero-order chi connectivity index (χ0) is 14.5. The summed E-state index contributed by atoms with van der Waals surface area (Å²) in [6.45, 7) is 6.00. The third-order valence-corrected chi connectivity index (χ3v) is 4.19. The van der Waals surface area contributed by atoms with Crippen molar-refractivity contribution < 1.29 is 4.79 Å². The average Bonchev–Trinajstić information content (AvgIpc) is 2.91. The molecule has 3 nitrogen and oxygen atoms in total.